The number of nitrogens with one attached hydrogen (secondary N) is 3. The Labute approximate surface area is 251 Å². The largest absolute Gasteiger partial charge is 0.506 e. The molecule has 0 fully saturated rings. The van der Waals surface area contributed by atoms with Gasteiger partial charge in [0.2, 0.25) is 21.8 Å². The lowest BCUT2D eigenvalue weighted by Gasteiger charge is -2.19. The number of hydrogen-bond acceptors (Lipinski definition) is 7. The fourth-order valence-corrected chi connectivity index (χ4v) is 5.87. The molecule has 1 heterocycles. The molecule has 3 aromatic rings. The third kappa shape index (κ3) is 8.21. The summed E-state index contributed by atoms with van der Waals surface area (Å²) in [7, 11) is -2.46. The maximum Gasteiger partial charge on any atom is 0.242 e. The molecule has 2 aromatic carbocycles. The standard InChI is InChI=1S/C30H37ClN4O6S/c1-6-20(14-19-9-11-21(41-5)12-10-19)29(37)34-27-15-23(31)26(16-28(27)36)33-30(38)25(8-3)35-42(39,40)22-13-18(4)24(7-2)32-17-22/h9-13,15-17,20,25,35-36H,6-8,14H2,1-5H3,(H,33,38)(H,34,37). The van der Waals surface area contributed by atoms with Crippen LogP contribution in [0.3, 0.4) is 0 Å². The van der Waals surface area contributed by atoms with E-state index in [2.05, 4.69) is 20.3 Å². The summed E-state index contributed by atoms with van der Waals surface area (Å²) in [5.41, 5.74) is 2.63. The van der Waals surface area contributed by atoms with Crippen molar-refractivity contribution in [2.45, 2.75) is 64.3 Å². The molecule has 1 aromatic heterocycles. The number of phenols is 1. The number of hydrogen-bond donors (Lipinski definition) is 4. The number of anilines is 2. The molecule has 0 bridgehead atoms. The van der Waals surface area contributed by atoms with E-state index < -0.39 is 22.0 Å². The van der Waals surface area contributed by atoms with Crippen molar-refractivity contribution >= 4 is 44.8 Å². The van der Waals surface area contributed by atoms with Crippen molar-refractivity contribution in [2.24, 2.45) is 5.92 Å². The lowest BCUT2D eigenvalue weighted by molar-refractivity contribution is -0.120. The number of benzene rings is 2. The van der Waals surface area contributed by atoms with Gasteiger partial charge in [-0.05, 0) is 68.0 Å². The first-order chi connectivity index (χ1) is 19.9. The molecule has 10 nitrogen and oxygen atoms in total. The van der Waals surface area contributed by atoms with E-state index in [0.717, 1.165) is 22.6 Å². The number of carbonyl (C=O) groups excluding carboxylic acids is 2. The third-order valence-corrected chi connectivity index (χ3v) is 8.69. The zero-order valence-electron chi connectivity index (χ0n) is 24.3. The van der Waals surface area contributed by atoms with Crippen LogP contribution in [0.5, 0.6) is 11.5 Å². The highest BCUT2D eigenvalue weighted by Gasteiger charge is 2.26. The van der Waals surface area contributed by atoms with E-state index in [1.165, 1.54) is 24.4 Å². The van der Waals surface area contributed by atoms with Crippen molar-refractivity contribution in [3.8, 4) is 11.5 Å². The smallest absolute Gasteiger partial charge is 0.242 e. The number of aromatic nitrogens is 1. The van der Waals surface area contributed by atoms with Crippen LogP contribution in [0.1, 0.15) is 50.4 Å². The number of ether oxygens (including phenoxy) is 1. The second-order valence-corrected chi connectivity index (χ2v) is 12.0. The van der Waals surface area contributed by atoms with Gasteiger partial charge in [-0.3, -0.25) is 14.6 Å². The van der Waals surface area contributed by atoms with E-state index in [-0.39, 0.29) is 45.3 Å². The highest BCUT2D eigenvalue weighted by Crippen LogP contribution is 2.34. The minimum atomic E-state index is -4.04. The first kappa shape index (κ1) is 32.8. The van der Waals surface area contributed by atoms with Crippen LogP contribution in [0.4, 0.5) is 11.4 Å². The predicted octanol–water partition coefficient (Wildman–Crippen LogP) is 5.22. The number of amides is 2. The topological polar surface area (TPSA) is 147 Å². The molecule has 0 radical (unpaired) electrons. The average Bonchev–Trinajstić information content (AvgIpc) is 2.97. The molecule has 2 amide bonds. The van der Waals surface area contributed by atoms with Crippen molar-refractivity contribution in [3.05, 3.63) is 70.5 Å². The van der Waals surface area contributed by atoms with Crippen LogP contribution >= 0.6 is 11.6 Å². The van der Waals surface area contributed by atoms with Gasteiger partial charge in [-0.1, -0.05) is 44.5 Å². The highest BCUT2D eigenvalue weighted by atomic mass is 35.5. The summed E-state index contributed by atoms with van der Waals surface area (Å²) >= 11 is 6.39. The quantitative estimate of drug-likeness (QED) is 0.192. The monoisotopic (exact) mass is 616 g/mol. The van der Waals surface area contributed by atoms with Crippen molar-refractivity contribution in [1.29, 1.82) is 0 Å². The SMILES string of the molecule is CCc1ncc(S(=O)(=O)NC(CC)C(=O)Nc2cc(O)c(NC(=O)C(CC)Cc3ccc(OC)cc3)cc2Cl)cc1C. The molecule has 226 valence electrons. The van der Waals surface area contributed by atoms with E-state index in [1.807, 2.05) is 38.1 Å². The van der Waals surface area contributed by atoms with Crippen molar-refractivity contribution in [3.63, 3.8) is 0 Å². The minimum absolute atomic E-state index is 0.0448. The van der Waals surface area contributed by atoms with Crippen LogP contribution in [0.25, 0.3) is 0 Å². The van der Waals surface area contributed by atoms with Gasteiger partial charge in [0.05, 0.1) is 23.5 Å². The Balaban J connectivity index is 1.70. The molecule has 42 heavy (non-hydrogen) atoms. The third-order valence-electron chi connectivity index (χ3n) is 6.93. The molecule has 0 aliphatic heterocycles. The maximum absolute atomic E-state index is 13.0. The molecule has 2 unspecified atom stereocenters. The van der Waals surface area contributed by atoms with Crippen LogP contribution < -0.4 is 20.1 Å². The maximum atomic E-state index is 13.0. The van der Waals surface area contributed by atoms with Crippen molar-refractivity contribution in [2.75, 3.05) is 17.7 Å². The van der Waals surface area contributed by atoms with Gasteiger partial charge in [0, 0.05) is 23.9 Å². The van der Waals surface area contributed by atoms with Gasteiger partial charge in [0.1, 0.15) is 22.4 Å². The van der Waals surface area contributed by atoms with Gasteiger partial charge in [-0.25, -0.2) is 8.42 Å². The van der Waals surface area contributed by atoms with Gasteiger partial charge in [-0.15, -0.1) is 0 Å². The van der Waals surface area contributed by atoms with Gasteiger partial charge >= 0.3 is 0 Å². The first-order valence-corrected chi connectivity index (χ1v) is 15.5. The number of halogens is 1. The van der Waals surface area contributed by atoms with E-state index >= 15 is 0 Å². The molecule has 0 spiro atoms. The second kappa shape index (κ2) is 14.5. The number of aryl methyl sites for hydroxylation is 2. The van der Waals surface area contributed by atoms with Crippen molar-refractivity contribution in [1.82, 2.24) is 9.71 Å². The van der Waals surface area contributed by atoms with Crippen LogP contribution in [0.2, 0.25) is 5.02 Å². The highest BCUT2D eigenvalue weighted by molar-refractivity contribution is 7.89. The number of rotatable bonds is 13. The number of nitrogens with zero attached hydrogens (tertiary/aromatic N) is 1. The minimum Gasteiger partial charge on any atom is -0.506 e. The van der Waals surface area contributed by atoms with Crippen LogP contribution in [0, 0.1) is 12.8 Å². The lowest BCUT2D eigenvalue weighted by Crippen LogP contribution is -2.43. The second-order valence-electron chi connectivity index (χ2n) is 9.86. The molecule has 12 heteroatoms. The van der Waals surface area contributed by atoms with Crippen LogP contribution in [-0.2, 0) is 32.5 Å². The van der Waals surface area contributed by atoms with E-state index in [4.69, 9.17) is 16.3 Å². The molecule has 3 rings (SSSR count). The Bertz CT molecular complexity index is 1530. The summed E-state index contributed by atoms with van der Waals surface area (Å²) in [5.74, 6) is -0.923. The normalized spacial score (nSPS) is 12.8. The van der Waals surface area contributed by atoms with E-state index in [1.54, 1.807) is 21.0 Å². The molecule has 0 saturated heterocycles. The summed E-state index contributed by atoms with van der Waals surface area (Å²) < 4.78 is 33.5. The number of sulfonamides is 1. The molecule has 0 saturated carbocycles. The van der Waals surface area contributed by atoms with Gasteiger partial charge < -0.3 is 20.5 Å². The molecule has 2 atom stereocenters. The number of methoxy groups -OCH3 is 1. The van der Waals surface area contributed by atoms with Crippen molar-refractivity contribution < 1.29 is 27.9 Å². The fraction of sp³-hybridized carbons (Fsp3) is 0.367. The lowest BCUT2D eigenvalue weighted by atomic mass is 9.96. The van der Waals surface area contributed by atoms with Gasteiger partial charge in [0.25, 0.3) is 0 Å². The molecule has 4 N–H and O–H groups in total. The summed E-state index contributed by atoms with van der Waals surface area (Å²) in [6.07, 6.45) is 3.13. The van der Waals surface area contributed by atoms with Gasteiger partial charge in [0.15, 0.2) is 0 Å². The van der Waals surface area contributed by atoms with E-state index in [0.29, 0.717) is 19.3 Å². The van der Waals surface area contributed by atoms with E-state index in [9.17, 15) is 23.1 Å². The Hall–Kier alpha value is -3.67. The number of phenolic OH excluding ortho intramolecular Hbond substituents is 1. The molecular weight excluding hydrogens is 580 g/mol. The Morgan fingerprint density at radius 2 is 1.67 bits per heavy atom. The predicted molar refractivity (Wildman–Crippen MR) is 164 cm³/mol. The number of carbonyl (C=O) groups is 2. The van der Waals surface area contributed by atoms with Gasteiger partial charge in [-0.2, -0.15) is 4.72 Å². The molecule has 0 aliphatic carbocycles. The Kier molecular flexibility index (Phi) is 11.3. The number of aromatic hydroxyl groups is 1. The summed E-state index contributed by atoms with van der Waals surface area (Å²) in [6.45, 7) is 7.26. The first-order valence-electron chi connectivity index (χ1n) is 13.7. The van der Waals surface area contributed by atoms with Crippen LogP contribution in [0.15, 0.2) is 53.6 Å². The van der Waals surface area contributed by atoms with Crippen LogP contribution in [-0.4, -0.2) is 43.5 Å². The summed E-state index contributed by atoms with van der Waals surface area (Å²) in [6, 6.07) is 10.4. The zero-order valence-corrected chi connectivity index (χ0v) is 25.9. The average molecular weight is 617 g/mol. The number of pyridine rings is 1. The zero-order chi connectivity index (χ0) is 31.0. The molecule has 0 aliphatic rings. The molecular formula is C30H37ClN4O6S. The summed E-state index contributed by atoms with van der Waals surface area (Å²) in [5, 5.41) is 15.9. The summed E-state index contributed by atoms with van der Waals surface area (Å²) in [4.78, 5) is 30.2. The fourth-order valence-electron chi connectivity index (χ4n) is 4.35. The Morgan fingerprint density at radius 1 is 1.00 bits per heavy atom. The Morgan fingerprint density at radius 3 is 2.24 bits per heavy atom.